The number of rotatable bonds is 13. The number of carbonyl (C=O) groups is 4. The van der Waals surface area contributed by atoms with Gasteiger partial charge in [-0.05, 0) is 49.7 Å². The summed E-state index contributed by atoms with van der Waals surface area (Å²) in [6.07, 6.45) is 7.13. The van der Waals surface area contributed by atoms with Crippen molar-refractivity contribution in [1.82, 2.24) is 15.5 Å². The minimum absolute atomic E-state index is 0.00940. The van der Waals surface area contributed by atoms with E-state index in [1.807, 2.05) is 72.8 Å². The third-order valence-corrected chi connectivity index (χ3v) is 7.32. The summed E-state index contributed by atoms with van der Waals surface area (Å²) in [5.74, 6) is -1.42. The van der Waals surface area contributed by atoms with Crippen molar-refractivity contribution in [2.24, 2.45) is 5.92 Å². The first-order valence-electron chi connectivity index (χ1n) is 15.4. The van der Waals surface area contributed by atoms with Crippen LogP contribution in [0, 0.1) is 5.92 Å². The van der Waals surface area contributed by atoms with E-state index >= 15 is 0 Å². The van der Waals surface area contributed by atoms with Crippen LogP contribution in [0.4, 0.5) is 4.79 Å². The molecule has 0 aromatic heterocycles. The van der Waals surface area contributed by atoms with Crippen molar-refractivity contribution in [2.45, 2.75) is 70.6 Å². The summed E-state index contributed by atoms with van der Waals surface area (Å²) in [7, 11) is 0. The fourth-order valence-electron chi connectivity index (χ4n) is 4.84. The van der Waals surface area contributed by atoms with E-state index in [9.17, 15) is 24.3 Å². The third-order valence-electron chi connectivity index (χ3n) is 7.32. The number of aliphatic hydroxyl groups excluding tert-OH is 1. The molecule has 0 saturated carbocycles. The Kier molecular flexibility index (Phi) is 15.5. The summed E-state index contributed by atoms with van der Waals surface area (Å²) in [5.41, 5.74) is 1.84. The van der Waals surface area contributed by atoms with Crippen LogP contribution in [0.15, 0.2) is 72.8 Å². The van der Waals surface area contributed by atoms with E-state index < -0.39 is 18.1 Å². The highest BCUT2D eigenvalue weighted by Gasteiger charge is 2.26. The van der Waals surface area contributed by atoms with Crippen molar-refractivity contribution in [3.8, 4) is 0 Å². The lowest BCUT2D eigenvalue weighted by molar-refractivity contribution is -0.145. The predicted molar refractivity (Wildman–Crippen MR) is 166 cm³/mol. The average molecular weight is 608 g/mol. The van der Waals surface area contributed by atoms with Crippen molar-refractivity contribution in [3.05, 3.63) is 83.9 Å². The summed E-state index contributed by atoms with van der Waals surface area (Å²) < 4.78 is 10.7. The van der Waals surface area contributed by atoms with Gasteiger partial charge >= 0.3 is 12.1 Å². The lowest BCUT2D eigenvalue weighted by Gasteiger charge is -2.26. The lowest BCUT2D eigenvalue weighted by Crippen LogP contribution is -2.44. The van der Waals surface area contributed by atoms with E-state index in [1.165, 1.54) is 0 Å². The summed E-state index contributed by atoms with van der Waals surface area (Å²) in [5, 5.41) is 15.3. The molecular weight excluding hydrogens is 562 g/mol. The van der Waals surface area contributed by atoms with E-state index in [4.69, 9.17) is 9.47 Å². The maximum absolute atomic E-state index is 13.5. The number of hydrogen-bond acceptors (Lipinski definition) is 7. The molecule has 0 radical (unpaired) electrons. The number of hydrogen-bond donors (Lipinski definition) is 3. The van der Waals surface area contributed by atoms with E-state index in [0.717, 1.165) is 11.1 Å². The van der Waals surface area contributed by atoms with Crippen molar-refractivity contribution < 1.29 is 33.8 Å². The normalized spacial score (nSPS) is 17.7. The minimum atomic E-state index is -0.615. The SMILES string of the molecule is O=C1CCCC=CCC(CC(=O)N(CCO)Cc2ccccc2)C(=O)NC(CCCCNC(=O)OCc2ccccc2)CO1. The Morgan fingerprint density at radius 1 is 1.00 bits per heavy atom. The van der Waals surface area contributed by atoms with Gasteiger partial charge in [-0.2, -0.15) is 0 Å². The van der Waals surface area contributed by atoms with Gasteiger partial charge in [-0.15, -0.1) is 0 Å². The Balaban J connectivity index is 1.54. The largest absolute Gasteiger partial charge is 0.463 e. The van der Waals surface area contributed by atoms with Crippen LogP contribution in [0.3, 0.4) is 0 Å². The molecule has 2 aromatic carbocycles. The summed E-state index contributed by atoms with van der Waals surface area (Å²) in [6, 6.07) is 18.5. The molecule has 0 spiro atoms. The van der Waals surface area contributed by atoms with E-state index in [0.29, 0.717) is 51.6 Å². The Morgan fingerprint density at radius 2 is 1.73 bits per heavy atom. The molecule has 0 bridgehead atoms. The fraction of sp³-hybridized carbons (Fsp3) is 0.471. The highest BCUT2D eigenvalue weighted by atomic mass is 16.5. The van der Waals surface area contributed by atoms with E-state index in [1.54, 1.807) is 4.90 Å². The molecule has 1 aliphatic heterocycles. The molecule has 2 atom stereocenters. The zero-order valence-corrected chi connectivity index (χ0v) is 25.3. The molecule has 238 valence electrons. The number of nitrogens with one attached hydrogen (secondary N) is 2. The molecule has 1 aliphatic rings. The number of unbranched alkanes of at least 4 members (excludes halogenated alkanes) is 1. The second kappa shape index (κ2) is 19.9. The van der Waals surface area contributed by atoms with Crippen LogP contribution in [0.2, 0.25) is 0 Å². The lowest BCUT2D eigenvalue weighted by atomic mass is 9.97. The van der Waals surface area contributed by atoms with Gasteiger partial charge in [0.15, 0.2) is 0 Å². The number of esters is 1. The molecule has 0 aliphatic carbocycles. The van der Waals surface area contributed by atoms with Gasteiger partial charge < -0.3 is 30.1 Å². The molecule has 10 heteroatoms. The number of allylic oxidation sites excluding steroid dienone is 2. The van der Waals surface area contributed by atoms with E-state index in [-0.39, 0.29) is 57.0 Å². The van der Waals surface area contributed by atoms with E-state index in [2.05, 4.69) is 10.6 Å². The predicted octanol–water partition coefficient (Wildman–Crippen LogP) is 4.27. The van der Waals surface area contributed by atoms with Crippen LogP contribution in [-0.4, -0.2) is 66.2 Å². The van der Waals surface area contributed by atoms with Gasteiger partial charge in [0, 0.05) is 32.5 Å². The first-order chi connectivity index (χ1) is 21.4. The number of aliphatic hydroxyl groups is 1. The number of alkyl carbamates (subject to hydrolysis) is 1. The van der Waals surface area contributed by atoms with Gasteiger partial charge in [0.1, 0.15) is 13.2 Å². The zero-order chi connectivity index (χ0) is 31.4. The maximum Gasteiger partial charge on any atom is 0.407 e. The summed E-state index contributed by atoms with van der Waals surface area (Å²) >= 11 is 0. The molecule has 3 rings (SSSR count). The zero-order valence-electron chi connectivity index (χ0n) is 25.3. The second-order valence-electron chi connectivity index (χ2n) is 10.9. The number of nitrogens with zero attached hydrogens (tertiary/aromatic N) is 1. The second-order valence-corrected chi connectivity index (χ2v) is 10.9. The van der Waals surface area contributed by atoms with Crippen LogP contribution >= 0.6 is 0 Å². The summed E-state index contributed by atoms with van der Waals surface area (Å²) in [6.45, 7) is 0.965. The molecule has 2 aromatic rings. The number of carbonyl (C=O) groups excluding carboxylic acids is 4. The van der Waals surface area contributed by atoms with Crippen molar-refractivity contribution >= 4 is 23.9 Å². The van der Waals surface area contributed by atoms with Gasteiger partial charge in [0.05, 0.1) is 18.6 Å². The van der Waals surface area contributed by atoms with Crippen molar-refractivity contribution in [3.63, 3.8) is 0 Å². The fourth-order valence-corrected chi connectivity index (χ4v) is 4.84. The smallest absolute Gasteiger partial charge is 0.407 e. The monoisotopic (exact) mass is 607 g/mol. The van der Waals surface area contributed by atoms with Crippen molar-refractivity contribution in [2.75, 3.05) is 26.3 Å². The molecule has 2 unspecified atom stereocenters. The molecule has 44 heavy (non-hydrogen) atoms. The Labute approximate surface area is 259 Å². The van der Waals surface area contributed by atoms with Crippen LogP contribution in [0.1, 0.15) is 62.5 Å². The quantitative estimate of drug-likeness (QED) is 0.176. The molecule has 10 nitrogen and oxygen atoms in total. The molecule has 3 N–H and O–H groups in total. The first kappa shape index (κ1) is 34.3. The van der Waals surface area contributed by atoms with Crippen LogP contribution in [0.5, 0.6) is 0 Å². The minimum Gasteiger partial charge on any atom is -0.463 e. The van der Waals surface area contributed by atoms with Crippen LogP contribution in [0.25, 0.3) is 0 Å². The molecule has 0 saturated heterocycles. The molecule has 1 heterocycles. The molecular formula is C34H45N3O7. The topological polar surface area (TPSA) is 134 Å². The van der Waals surface area contributed by atoms with Gasteiger partial charge in [-0.25, -0.2) is 4.79 Å². The number of benzene rings is 2. The Bertz CT molecular complexity index is 1190. The van der Waals surface area contributed by atoms with Gasteiger partial charge in [-0.3, -0.25) is 14.4 Å². The van der Waals surface area contributed by atoms with Gasteiger partial charge in [-0.1, -0.05) is 72.8 Å². The molecule has 3 amide bonds. The van der Waals surface area contributed by atoms with Crippen LogP contribution in [-0.2, 0) is 37.0 Å². The highest BCUT2D eigenvalue weighted by Crippen LogP contribution is 2.17. The van der Waals surface area contributed by atoms with Crippen molar-refractivity contribution in [1.29, 1.82) is 0 Å². The number of ether oxygens (including phenoxy) is 2. The Morgan fingerprint density at radius 3 is 2.45 bits per heavy atom. The highest BCUT2D eigenvalue weighted by molar-refractivity contribution is 5.86. The van der Waals surface area contributed by atoms with Crippen LogP contribution < -0.4 is 10.6 Å². The summed E-state index contributed by atoms with van der Waals surface area (Å²) in [4.78, 5) is 52.6. The molecule has 0 fully saturated rings. The standard InChI is InChI=1S/C34H45N3O7/c38-22-21-37(24-27-13-5-3-6-14-27)31(39)23-29-17-9-1-2-10-19-32(40)43-26-30(36-33(29)41)18-11-12-20-35-34(42)44-25-28-15-7-4-8-16-28/h1,3-9,13-16,29-30,38H,2,10-12,17-26H2,(H,35,42)(H,36,41). The van der Waals surface area contributed by atoms with Gasteiger partial charge in [0.2, 0.25) is 11.8 Å². The number of amides is 3. The number of cyclic esters (lactones) is 1. The Hall–Kier alpha value is -4.18. The maximum atomic E-state index is 13.5. The van der Waals surface area contributed by atoms with Gasteiger partial charge in [0.25, 0.3) is 0 Å². The third kappa shape index (κ3) is 13.4. The average Bonchev–Trinajstić information content (AvgIpc) is 3.04. The first-order valence-corrected chi connectivity index (χ1v) is 15.4.